The quantitative estimate of drug-likeness (QED) is 0.373. The first kappa shape index (κ1) is 11.3. The Morgan fingerprint density at radius 2 is 2.13 bits per heavy atom. The van der Waals surface area contributed by atoms with E-state index in [9.17, 15) is 8.42 Å². The fraction of sp³-hybridized carbons (Fsp3) is 0.125. The highest BCUT2D eigenvalue weighted by atomic mass is 32.2. The molecule has 5 N–H and O–H groups in total. The van der Waals surface area contributed by atoms with Crippen LogP contribution in [-0.4, -0.2) is 20.6 Å². The van der Waals surface area contributed by atoms with Crippen molar-refractivity contribution in [2.24, 2.45) is 10.1 Å². The van der Waals surface area contributed by atoms with Crippen LogP contribution in [0.3, 0.4) is 0 Å². The van der Waals surface area contributed by atoms with Crippen molar-refractivity contribution in [2.75, 3.05) is 17.3 Å². The molecule has 0 aliphatic rings. The van der Waals surface area contributed by atoms with E-state index in [0.717, 1.165) is 6.26 Å². The van der Waals surface area contributed by atoms with E-state index in [1.165, 1.54) is 0 Å². The van der Waals surface area contributed by atoms with Crippen LogP contribution in [0.5, 0.6) is 0 Å². The summed E-state index contributed by atoms with van der Waals surface area (Å²) < 4.78 is 24.8. The summed E-state index contributed by atoms with van der Waals surface area (Å²) in [5.74, 6) is -0.192. The molecule has 7 heteroatoms. The zero-order valence-corrected chi connectivity index (χ0v) is 8.95. The monoisotopic (exact) mass is 228 g/mol. The molecule has 0 aliphatic carbocycles. The standard InChI is InChI=1S/C8H12N4O2S/c1-15(13,14)12-8(10)11-7-4-2-3-6(9)5-7/h2-5H,9H2,1H3,(H3,10,11,12). The van der Waals surface area contributed by atoms with Gasteiger partial charge >= 0.3 is 0 Å². The molecular formula is C8H12N4O2S. The van der Waals surface area contributed by atoms with E-state index in [1.54, 1.807) is 24.3 Å². The van der Waals surface area contributed by atoms with Crippen molar-refractivity contribution in [1.29, 1.82) is 0 Å². The SMILES string of the molecule is CS(=O)(=O)N=C(N)Nc1cccc(N)c1. The largest absolute Gasteiger partial charge is 0.399 e. The molecule has 1 rings (SSSR count). The normalized spacial score (nSPS) is 12.5. The highest BCUT2D eigenvalue weighted by Gasteiger charge is 2.00. The van der Waals surface area contributed by atoms with Crippen LogP contribution in [-0.2, 0) is 10.0 Å². The number of guanidine groups is 1. The molecule has 0 amide bonds. The highest BCUT2D eigenvalue weighted by Crippen LogP contribution is 2.11. The third-order valence-electron chi connectivity index (χ3n) is 1.42. The van der Waals surface area contributed by atoms with Gasteiger partial charge in [0.2, 0.25) is 5.96 Å². The molecule has 82 valence electrons. The molecule has 0 saturated carbocycles. The van der Waals surface area contributed by atoms with Crippen molar-refractivity contribution >= 4 is 27.4 Å². The minimum absolute atomic E-state index is 0.192. The molecule has 6 nitrogen and oxygen atoms in total. The Bertz CT molecular complexity index is 481. The second kappa shape index (κ2) is 4.18. The first-order valence-corrected chi connectivity index (χ1v) is 5.89. The molecule has 0 radical (unpaired) electrons. The summed E-state index contributed by atoms with van der Waals surface area (Å²) in [5.41, 5.74) is 12.0. The number of hydrogen-bond donors (Lipinski definition) is 3. The van der Waals surface area contributed by atoms with Gasteiger partial charge in [-0.2, -0.15) is 0 Å². The summed E-state index contributed by atoms with van der Waals surface area (Å²) >= 11 is 0. The van der Waals surface area contributed by atoms with Crippen molar-refractivity contribution in [3.05, 3.63) is 24.3 Å². The predicted octanol–water partition coefficient (Wildman–Crippen LogP) is -0.0450. The van der Waals surface area contributed by atoms with Gasteiger partial charge in [0.25, 0.3) is 10.0 Å². The molecule has 1 aromatic carbocycles. The van der Waals surface area contributed by atoms with Gasteiger partial charge in [0.1, 0.15) is 0 Å². The molecule has 0 heterocycles. The Hall–Kier alpha value is -1.76. The Kier molecular flexibility index (Phi) is 3.15. The molecule has 0 atom stereocenters. The van der Waals surface area contributed by atoms with Gasteiger partial charge in [-0.1, -0.05) is 6.07 Å². The number of rotatable bonds is 2. The Morgan fingerprint density at radius 1 is 1.47 bits per heavy atom. The summed E-state index contributed by atoms with van der Waals surface area (Å²) in [6.45, 7) is 0. The Labute approximate surface area is 88.0 Å². The third-order valence-corrected chi connectivity index (χ3v) is 1.95. The summed E-state index contributed by atoms with van der Waals surface area (Å²) in [5, 5.41) is 2.61. The summed E-state index contributed by atoms with van der Waals surface area (Å²) in [6, 6.07) is 6.73. The fourth-order valence-electron chi connectivity index (χ4n) is 0.966. The van der Waals surface area contributed by atoms with Crippen molar-refractivity contribution in [3.63, 3.8) is 0 Å². The third kappa shape index (κ3) is 4.32. The zero-order chi connectivity index (χ0) is 11.5. The van der Waals surface area contributed by atoms with Gasteiger partial charge in [0, 0.05) is 11.4 Å². The van der Waals surface area contributed by atoms with Crippen molar-refractivity contribution < 1.29 is 8.42 Å². The van der Waals surface area contributed by atoms with Gasteiger partial charge in [-0.25, -0.2) is 8.42 Å². The van der Waals surface area contributed by atoms with Crippen LogP contribution in [0.4, 0.5) is 11.4 Å². The number of nitrogens with two attached hydrogens (primary N) is 2. The Balaban J connectivity index is 2.84. The number of nitrogens with one attached hydrogen (secondary N) is 1. The number of anilines is 2. The number of benzene rings is 1. The summed E-state index contributed by atoms with van der Waals surface area (Å²) in [6.07, 6.45) is 0.959. The zero-order valence-electron chi connectivity index (χ0n) is 8.14. The van der Waals surface area contributed by atoms with Crippen molar-refractivity contribution in [1.82, 2.24) is 0 Å². The lowest BCUT2D eigenvalue weighted by Crippen LogP contribution is -2.23. The predicted molar refractivity (Wildman–Crippen MR) is 60.9 cm³/mol. The molecule has 0 aromatic heterocycles. The van der Waals surface area contributed by atoms with Gasteiger partial charge in [-0.15, -0.1) is 4.40 Å². The van der Waals surface area contributed by atoms with E-state index in [-0.39, 0.29) is 5.96 Å². The highest BCUT2D eigenvalue weighted by molar-refractivity contribution is 7.89. The molecule has 0 saturated heterocycles. The second-order valence-electron chi connectivity index (χ2n) is 2.96. The van der Waals surface area contributed by atoms with Crippen LogP contribution in [0.15, 0.2) is 28.7 Å². The van der Waals surface area contributed by atoms with Gasteiger partial charge in [-0.05, 0) is 18.2 Å². The lowest BCUT2D eigenvalue weighted by Gasteiger charge is -2.04. The fourth-order valence-corrected chi connectivity index (χ4v) is 1.37. The number of nitrogen functional groups attached to an aromatic ring is 1. The molecule has 0 unspecified atom stereocenters. The van der Waals surface area contributed by atoms with Crippen LogP contribution < -0.4 is 16.8 Å². The van der Waals surface area contributed by atoms with E-state index in [0.29, 0.717) is 11.4 Å². The summed E-state index contributed by atoms with van der Waals surface area (Å²) in [7, 11) is -3.48. The number of hydrogen-bond acceptors (Lipinski definition) is 3. The molecule has 1 aromatic rings. The van der Waals surface area contributed by atoms with Crippen LogP contribution in [0, 0.1) is 0 Å². The van der Waals surface area contributed by atoms with Gasteiger partial charge in [0.05, 0.1) is 6.26 Å². The average molecular weight is 228 g/mol. The maximum absolute atomic E-state index is 10.8. The van der Waals surface area contributed by atoms with E-state index in [1.807, 2.05) is 0 Å². The van der Waals surface area contributed by atoms with Crippen LogP contribution >= 0.6 is 0 Å². The van der Waals surface area contributed by atoms with E-state index in [2.05, 4.69) is 9.71 Å². The Morgan fingerprint density at radius 3 is 2.67 bits per heavy atom. The van der Waals surface area contributed by atoms with Gasteiger partial charge < -0.3 is 16.8 Å². The van der Waals surface area contributed by atoms with E-state index < -0.39 is 10.0 Å². The van der Waals surface area contributed by atoms with Gasteiger partial charge in [0.15, 0.2) is 0 Å². The van der Waals surface area contributed by atoms with Crippen LogP contribution in [0.2, 0.25) is 0 Å². The second-order valence-corrected chi connectivity index (χ2v) is 4.61. The van der Waals surface area contributed by atoms with Crippen molar-refractivity contribution in [2.45, 2.75) is 0 Å². The van der Waals surface area contributed by atoms with E-state index in [4.69, 9.17) is 11.5 Å². The molecular weight excluding hydrogens is 216 g/mol. The minimum Gasteiger partial charge on any atom is -0.399 e. The van der Waals surface area contributed by atoms with Gasteiger partial charge in [-0.3, -0.25) is 0 Å². The molecule has 0 aliphatic heterocycles. The molecule has 0 fully saturated rings. The van der Waals surface area contributed by atoms with Crippen LogP contribution in [0.1, 0.15) is 0 Å². The van der Waals surface area contributed by atoms with Crippen LogP contribution in [0.25, 0.3) is 0 Å². The average Bonchev–Trinajstić information content (AvgIpc) is 1.99. The first-order chi connectivity index (χ1) is 6.87. The van der Waals surface area contributed by atoms with E-state index >= 15 is 0 Å². The minimum atomic E-state index is -3.48. The number of nitrogens with zero attached hydrogens (tertiary/aromatic N) is 1. The molecule has 0 bridgehead atoms. The molecule has 15 heavy (non-hydrogen) atoms. The summed E-state index contributed by atoms with van der Waals surface area (Å²) in [4.78, 5) is 0. The number of sulfonamides is 1. The maximum atomic E-state index is 10.8. The lowest BCUT2D eigenvalue weighted by atomic mass is 10.3. The molecule has 0 spiro atoms. The maximum Gasteiger partial charge on any atom is 0.253 e. The topological polar surface area (TPSA) is 111 Å². The van der Waals surface area contributed by atoms with Crippen molar-refractivity contribution in [3.8, 4) is 0 Å². The lowest BCUT2D eigenvalue weighted by molar-refractivity contribution is 0.603. The smallest absolute Gasteiger partial charge is 0.253 e. The first-order valence-electron chi connectivity index (χ1n) is 4.05.